The van der Waals surface area contributed by atoms with E-state index < -0.39 is 6.10 Å². The number of ether oxygens (including phenoxy) is 1. The summed E-state index contributed by atoms with van der Waals surface area (Å²) in [5.74, 6) is 0.191. The lowest BCUT2D eigenvalue weighted by molar-refractivity contribution is -0.127. The first-order valence-corrected chi connectivity index (χ1v) is 8.29. The first kappa shape index (κ1) is 17.1. The molecule has 2 N–H and O–H groups in total. The molecule has 1 aromatic heterocycles. The van der Waals surface area contributed by atoms with Crippen molar-refractivity contribution in [2.45, 2.75) is 26.4 Å². The number of rotatable bonds is 6. The van der Waals surface area contributed by atoms with E-state index in [4.69, 9.17) is 4.74 Å². The van der Waals surface area contributed by atoms with E-state index in [1.54, 1.807) is 18.2 Å². The summed E-state index contributed by atoms with van der Waals surface area (Å²) in [6, 6.07) is 11.8. The van der Waals surface area contributed by atoms with E-state index in [2.05, 4.69) is 15.3 Å². The maximum atomic E-state index is 13.3. The topological polar surface area (TPSA) is 67.0 Å². The molecule has 0 spiro atoms. The van der Waals surface area contributed by atoms with E-state index in [1.165, 1.54) is 12.1 Å². The van der Waals surface area contributed by atoms with Gasteiger partial charge in [-0.1, -0.05) is 6.92 Å². The van der Waals surface area contributed by atoms with Crippen LogP contribution in [-0.4, -0.2) is 28.6 Å². The monoisotopic (exact) mass is 341 g/mol. The smallest absolute Gasteiger partial charge is 0.253 e. The van der Waals surface area contributed by atoms with Gasteiger partial charge in [0.2, 0.25) is 0 Å². The van der Waals surface area contributed by atoms with Crippen LogP contribution in [0.4, 0.5) is 10.1 Å². The summed E-state index contributed by atoms with van der Waals surface area (Å²) in [6.45, 7) is 4.27. The molecule has 0 saturated carbocycles. The van der Waals surface area contributed by atoms with Crippen molar-refractivity contribution in [1.82, 2.24) is 9.97 Å². The zero-order chi connectivity index (χ0) is 17.8. The van der Waals surface area contributed by atoms with Crippen LogP contribution in [0.1, 0.15) is 20.3 Å². The number of hydrogen-bond acceptors (Lipinski definition) is 3. The van der Waals surface area contributed by atoms with E-state index in [1.807, 2.05) is 26.0 Å². The highest BCUT2D eigenvalue weighted by atomic mass is 19.1. The molecule has 2 aromatic carbocycles. The minimum atomic E-state index is -0.449. The lowest BCUT2D eigenvalue weighted by atomic mass is 10.2. The van der Waals surface area contributed by atoms with Gasteiger partial charge in [0.15, 0.2) is 0 Å². The Morgan fingerprint density at radius 2 is 2.00 bits per heavy atom. The second-order valence-electron chi connectivity index (χ2n) is 5.67. The number of aromatic nitrogens is 2. The van der Waals surface area contributed by atoms with E-state index >= 15 is 0 Å². The molecule has 0 aliphatic carbocycles. The van der Waals surface area contributed by atoms with Crippen molar-refractivity contribution in [2.24, 2.45) is 0 Å². The summed E-state index contributed by atoms with van der Waals surface area (Å²) in [7, 11) is 0. The molecule has 6 heteroatoms. The van der Waals surface area contributed by atoms with Gasteiger partial charge in [-0.3, -0.25) is 4.79 Å². The predicted molar refractivity (Wildman–Crippen MR) is 95.8 cm³/mol. The summed E-state index contributed by atoms with van der Waals surface area (Å²) in [5, 5.41) is 2.85. The molecule has 1 unspecified atom stereocenters. The van der Waals surface area contributed by atoms with Crippen molar-refractivity contribution in [3.63, 3.8) is 0 Å². The zero-order valence-corrected chi connectivity index (χ0v) is 14.2. The number of fused-ring (bicyclic) bond motifs is 1. The van der Waals surface area contributed by atoms with Crippen LogP contribution >= 0.6 is 0 Å². The number of anilines is 1. The lowest BCUT2D eigenvalue weighted by Gasteiger charge is -2.14. The maximum absolute atomic E-state index is 13.3. The van der Waals surface area contributed by atoms with Crippen LogP contribution in [0.5, 0.6) is 0 Å². The molecule has 130 valence electrons. The quantitative estimate of drug-likeness (QED) is 0.709. The highest BCUT2D eigenvalue weighted by molar-refractivity contribution is 5.94. The first-order chi connectivity index (χ1) is 12.1. The number of benzene rings is 2. The molecule has 1 amide bonds. The Morgan fingerprint density at radius 1 is 1.24 bits per heavy atom. The van der Waals surface area contributed by atoms with Gasteiger partial charge >= 0.3 is 0 Å². The van der Waals surface area contributed by atoms with Gasteiger partial charge in [0.05, 0.1) is 11.0 Å². The average molecular weight is 341 g/mol. The number of hydrogen-bond donors (Lipinski definition) is 2. The Kier molecular flexibility index (Phi) is 5.09. The van der Waals surface area contributed by atoms with E-state index in [0.717, 1.165) is 5.56 Å². The fourth-order valence-corrected chi connectivity index (χ4v) is 2.63. The largest absolute Gasteiger partial charge is 0.369 e. The summed E-state index contributed by atoms with van der Waals surface area (Å²) >= 11 is 0. The molecule has 3 aromatic rings. The van der Waals surface area contributed by atoms with Crippen LogP contribution < -0.4 is 5.32 Å². The van der Waals surface area contributed by atoms with Gasteiger partial charge < -0.3 is 15.0 Å². The second kappa shape index (κ2) is 7.44. The van der Waals surface area contributed by atoms with Crippen LogP contribution in [-0.2, 0) is 9.53 Å². The van der Waals surface area contributed by atoms with E-state index in [0.29, 0.717) is 35.6 Å². The van der Waals surface area contributed by atoms with Crippen molar-refractivity contribution >= 4 is 22.6 Å². The Morgan fingerprint density at radius 3 is 2.68 bits per heavy atom. The van der Waals surface area contributed by atoms with Gasteiger partial charge in [0, 0.05) is 17.9 Å². The molecule has 0 bridgehead atoms. The molecule has 3 rings (SSSR count). The summed E-state index contributed by atoms with van der Waals surface area (Å²) in [6.07, 6.45) is 0.169. The second-order valence-corrected chi connectivity index (χ2v) is 5.67. The first-order valence-electron chi connectivity index (χ1n) is 8.29. The molecule has 1 heterocycles. The van der Waals surface area contributed by atoms with Gasteiger partial charge in [-0.15, -0.1) is 0 Å². The molecule has 0 saturated heterocycles. The number of H-pyrrole nitrogens is 1. The van der Waals surface area contributed by atoms with Gasteiger partial charge in [-0.05, 0) is 55.8 Å². The van der Waals surface area contributed by atoms with Crippen LogP contribution in [0.2, 0.25) is 0 Å². The average Bonchev–Trinajstić information content (AvgIpc) is 3.03. The normalized spacial score (nSPS) is 12.3. The maximum Gasteiger partial charge on any atom is 0.253 e. The number of carbonyl (C=O) groups is 1. The lowest BCUT2D eigenvalue weighted by Crippen LogP contribution is -2.29. The molecule has 0 radical (unpaired) electrons. The van der Waals surface area contributed by atoms with Gasteiger partial charge in [0.25, 0.3) is 5.91 Å². The Balaban J connectivity index is 1.76. The van der Waals surface area contributed by atoms with Crippen LogP contribution in [0.3, 0.4) is 0 Å². The number of imidazole rings is 1. The number of carbonyl (C=O) groups excluding carboxylic acids is 1. The van der Waals surface area contributed by atoms with Crippen molar-refractivity contribution in [2.75, 3.05) is 11.9 Å². The number of halogens is 1. The fourth-order valence-electron chi connectivity index (χ4n) is 2.63. The standard InChI is InChI=1S/C19H20FN3O2/c1-3-17(25-4-2)19(24)21-14-8-5-12(6-9-14)18-22-15-10-7-13(20)11-16(15)23-18/h5-11,17H,3-4H2,1-2H3,(H,21,24)(H,22,23). The molecule has 0 aliphatic rings. The summed E-state index contributed by atoms with van der Waals surface area (Å²) in [5.41, 5.74) is 2.90. The summed E-state index contributed by atoms with van der Waals surface area (Å²) < 4.78 is 18.7. The predicted octanol–water partition coefficient (Wildman–Crippen LogP) is 4.12. The Hall–Kier alpha value is -2.73. The van der Waals surface area contributed by atoms with Crippen LogP contribution in [0.25, 0.3) is 22.4 Å². The van der Waals surface area contributed by atoms with Gasteiger partial charge in [-0.25, -0.2) is 9.37 Å². The van der Waals surface area contributed by atoms with Gasteiger partial charge in [-0.2, -0.15) is 0 Å². The molecule has 0 fully saturated rings. The number of amides is 1. The Bertz CT molecular complexity index is 874. The third-order valence-electron chi connectivity index (χ3n) is 3.90. The molecule has 5 nitrogen and oxygen atoms in total. The minimum Gasteiger partial charge on any atom is -0.369 e. The fraction of sp³-hybridized carbons (Fsp3) is 0.263. The highest BCUT2D eigenvalue weighted by Crippen LogP contribution is 2.22. The SMILES string of the molecule is CCOC(CC)C(=O)Nc1ccc(-c2nc3ccc(F)cc3[nH]2)cc1. The molecule has 25 heavy (non-hydrogen) atoms. The molecule has 1 atom stereocenters. The van der Waals surface area contributed by atoms with Crippen molar-refractivity contribution in [1.29, 1.82) is 0 Å². The zero-order valence-electron chi connectivity index (χ0n) is 14.2. The molecular formula is C19H20FN3O2. The van der Waals surface area contributed by atoms with E-state index in [9.17, 15) is 9.18 Å². The third-order valence-corrected chi connectivity index (χ3v) is 3.90. The third kappa shape index (κ3) is 3.85. The minimum absolute atomic E-state index is 0.156. The van der Waals surface area contributed by atoms with Crippen LogP contribution in [0.15, 0.2) is 42.5 Å². The van der Waals surface area contributed by atoms with Crippen molar-refractivity contribution in [3.05, 3.63) is 48.3 Å². The van der Waals surface area contributed by atoms with Gasteiger partial charge in [0.1, 0.15) is 17.7 Å². The van der Waals surface area contributed by atoms with Crippen LogP contribution in [0, 0.1) is 5.82 Å². The Labute approximate surface area is 145 Å². The number of nitrogens with zero attached hydrogens (tertiary/aromatic N) is 1. The molecule has 0 aliphatic heterocycles. The van der Waals surface area contributed by atoms with Crippen molar-refractivity contribution in [3.8, 4) is 11.4 Å². The van der Waals surface area contributed by atoms with Crippen molar-refractivity contribution < 1.29 is 13.9 Å². The summed E-state index contributed by atoms with van der Waals surface area (Å²) in [4.78, 5) is 19.7. The highest BCUT2D eigenvalue weighted by Gasteiger charge is 2.16. The number of nitrogens with one attached hydrogen (secondary N) is 2. The molecular weight excluding hydrogens is 321 g/mol. The number of aromatic amines is 1. The van der Waals surface area contributed by atoms with E-state index in [-0.39, 0.29) is 11.7 Å².